The molecule has 8 heteroatoms. The van der Waals surface area contributed by atoms with Crippen molar-refractivity contribution in [1.82, 2.24) is 20.1 Å². The Bertz CT molecular complexity index is 1130. The summed E-state index contributed by atoms with van der Waals surface area (Å²) in [6.45, 7) is 1.05. The van der Waals surface area contributed by atoms with Gasteiger partial charge in [-0.3, -0.25) is 14.7 Å². The molecular formula is C23H22N4O4. The molecule has 2 aliphatic heterocycles. The molecular weight excluding hydrogens is 396 g/mol. The number of Topliss-reactive ketones (excluding diaryl/α,β-unsaturated/α-hetero) is 1. The number of piperidine rings is 1. The van der Waals surface area contributed by atoms with Crippen molar-refractivity contribution in [3.05, 3.63) is 59.9 Å². The number of nitrogens with zero attached hydrogens (tertiary/aromatic N) is 3. The number of rotatable bonds is 3. The zero-order valence-corrected chi connectivity index (χ0v) is 17.1. The van der Waals surface area contributed by atoms with Crippen LogP contribution >= 0.6 is 0 Å². The van der Waals surface area contributed by atoms with Gasteiger partial charge in [-0.2, -0.15) is 5.10 Å². The average molecular weight is 418 g/mol. The first-order valence-electron chi connectivity index (χ1n) is 10.2. The molecule has 1 saturated heterocycles. The number of amides is 1. The fourth-order valence-corrected chi connectivity index (χ4v) is 4.32. The van der Waals surface area contributed by atoms with E-state index in [1.807, 2.05) is 23.1 Å². The van der Waals surface area contributed by atoms with Crippen LogP contribution in [0.3, 0.4) is 0 Å². The molecule has 31 heavy (non-hydrogen) atoms. The third kappa shape index (κ3) is 3.54. The van der Waals surface area contributed by atoms with Crippen molar-refractivity contribution in [2.75, 3.05) is 20.2 Å². The van der Waals surface area contributed by atoms with E-state index in [1.54, 1.807) is 31.4 Å². The van der Waals surface area contributed by atoms with Crippen molar-refractivity contribution in [1.29, 1.82) is 0 Å². The lowest BCUT2D eigenvalue weighted by Crippen LogP contribution is -2.52. The topological polar surface area (TPSA) is 97.4 Å². The van der Waals surface area contributed by atoms with Crippen molar-refractivity contribution in [3.8, 4) is 22.9 Å². The van der Waals surface area contributed by atoms with E-state index in [4.69, 9.17) is 9.47 Å². The van der Waals surface area contributed by atoms with Gasteiger partial charge in [0.1, 0.15) is 23.4 Å². The highest BCUT2D eigenvalue weighted by atomic mass is 16.5. The summed E-state index contributed by atoms with van der Waals surface area (Å²) in [4.78, 5) is 31.8. The lowest BCUT2D eigenvalue weighted by molar-refractivity contribution is -0.00580. The molecule has 0 atom stereocenters. The Kier molecular flexibility index (Phi) is 4.69. The summed E-state index contributed by atoms with van der Waals surface area (Å²) in [6.07, 6.45) is 2.97. The van der Waals surface area contributed by atoms with Crippen LogP contribution in [0.5, 0.6) is 11.5 Å². The summed E-state index contributed by atoms with van der Waals surface area (Å²) in [6, 6.07) is 12.6. The number of hydrogen-bond acceptors (Lipinski definition) is 6. The molecule has 1 N–H and O–H groups in total. The molecule has 158 valence electrons. The molecule has 1 aromatic heterocycles. The van der Waals surface area contributed by atoms with E-state index in [2.05, 4.69) is 15.2 Å². The number of likely N-dealkylation sites (tertiary alicyclic amines) is 1. The van der Waals surface area contributed by atoms with E-state index in [0.717, 1.165) is 5.56 Å². The maximum Gasteiger partial charge on any atom is 0.253 e. The zero-order chi connectivity index (χ0) is 21.4. The summed E-state index contributed by atoms with van der Waals surface area (Å²) >= 11 is 0. The summed E-state index contributed by atoms with van der Waals surface area (Å²) in [5.74, 6) is 1.87. The van der Waals surface area contributed by atoms with Gasteiger partial charge < -0.3 is 14.4 Å². The van der Waals surface area contributed by atoms with Crippen LogP contribution in [-0.4, -0.2) is 57.6 Å². The van der Waals surface area contributed by atoms with Crippen molar-refractivity contribution >= 4 is 11.7 Å². The number of benzene rings is 2. The largest absolute Gasteiger partial charge is 0.497 e. The van der Waals surface area contributed by atoms with Gasteiger partial charge in [0.15, 0.2) is 11.6 Å². The van der Waals surface area contributed by atoms with Crippen LogP contribution in [0.4, 0.5) is 0 Å². The number of carbonyl (C=O) groups is 2. The Balaban J connectivity index is 1.31. The van der Waals surface area contributed by atoms with E-state index in [-0.39, 0.29) is 11.7 Å². The second-order valence-corrected chi connectivity index (χ2v) is 7.95. The first-order chi connectivity index (χ1) is 15.1. The molecule has 0 saturated carbocycles. The quantitative estimate of drug-likeness (QED) is 0.702. The maximum absolute atomic E-state index is 13.1. The summed E-state index contributed by atoms with van der Waals surface area (Å²) in [5, 5.41) is 6.68. The number of carbonyl (C=O) groups excluding carboxylic acids is 2. The predicted octanol–water partition coefficient (Wildman–Crippen LogP) is 3.12. The number of ether oxygens (including phenoxy) is 2. The summed E-state index contributed by atoms with van der Waals surface area (Å²) in [5.41, 5.74) is 1.42. The number of aromatic nitrogens is 3. The molecule has 0 aliphatic carbocycles. The Morgan fingerprint density at radius 3 is 2.77 bits per heavy atom. The van der Waals surface area contributed by atoms with Gasteiger partial charge in [0.25, 0.3) is 5.91 Å². The third-order valence-electron chi connectivity index (χ3n) is 6.06. The molecule has 0 unspecified atom stereocenters. The number of ketones is 1. The van der Waals surface area contributed by atoms with E-state index >= 15 is 0 Å². The van der Waals surface area contributed by atoms with E-state index < -0.39 is 5.60 Å². The lowest BCUT2D eigenvalue weighted by Gasteiger charge is -2.44. The average Bonchev–Trinajstić information content (AvgIpc) is 3.34. The second-order valence-electron chi connectivity index (χ2n) is 7.95. The van der Waals surface area contributed by atoms with Gasteiger partial charge >= 0.3 is 0 Å². The normalized spacial score (nSPS) is 17.2. The minimum absolute atomic E-state index is 0.0413. The molecule has 8 nitrogen and oxygen atoms in total. The molecule has 1 spiro atoms. The monoisotopic (exact) mass is 418 g/mol. The van der Waals surface area contributed by atoms with Gasteiger partial charge in [-0.25, -0.2) is 4.98 Å². The van der Waals surface area contributed by atoms with Crippen LogP contribution in [0.2, 0.25) is 0 Å². The number of aromatic amines is 1. The van der Waals surface area contributed by atoms with Crippen molar-refractivity contribution in [2.24, 2.45) is 0 Å². The van der Waals surface area contributed by atoms with Gasteiger partial charge in [0, 0.05) is 43.1 Å². The Labute approximate surface area is 179 Å². The van der Waals surface area contributed by atoms with Crippen LogP contribution < -0.4 is 9.47 Å². The lowest BCUT2D eigenvalue weighted by atomic mass is 9.82. The first-order valence-corrected chi connectivity index (χ1v) is 10.2. The highest BCUT2D eigenvalue weighted by Gasteiger charge is 2.43. The van der Waals surface area contributed by atoms with Crippen molar-refractivity contribution in [2.45, 2.75) is 24.9 Å². The fourth-order valence-electron chi connectivity index (χ4n) is 4.32. The van der Waals surface area contributed by atoms with E-state index in [1.165, 1.54) is 6.33 Å². The van der Waals surface area contributed by atoms with Gasteiger partial charge in [-0.15, -0.1) is 0 Å². The number of methoxy groups -OCH3 is 1. The Morgan fingerprint density at radius 2 is 2.03 bits per heavy atom. The molecule has 0 bridgehead atoms. The van der Waals surface area contributed by atoms with Gasteiger partial charge in [0.05, 0.1) is 19.1 Å². The molecule has 1 fully saturated rings. The van der Waals surface area contributed by atoms with Crippen LogP contribution in [0, 0.1) is 0 Å². The molecule has 5 rings (SSSR count). The van der Waals surface area contributed by atoms with E-state index in [9.17, 15) is 9.59 Å². The first kappa shape index (κ1) is 19.3. The number of nitrogens with one attached hydrogen (secondary N) is 1. The van der Waals surface area contributed by atoms with Gasteiger partial charge in [-0.1, -0.05) is 12.1 Å². The number of fused-ring (bicyclic) bond motifs is 1. The van der Waals surface area contributed by atoms with Crippen LogP contribution in [0.1, 0.15) is 40.0 Å². The highest BCUT2D eigenvalue weighted by Crippen LogP contribution is 2.41. The highest BCUT2D eigenvalue weighted by molar-refractivity contribution is 6.00. The van der Waals surface area contributed by atoms with E-state index in [0.29, 0.717) is 60.8 Å². The fraction of sp³-hybridized carbons (Fsp3) is 0.304. The molecule has 0 radical (unpaired) electrons. The summed E-state index contributed by atoms with van der Waals surface area (Å²) < 4.78 is 11.6. The third-order valence-corrected chi connectivity index (χ3v) is 6.06. The summed E-state index contributed by atoms with van der Waals surface area (Å²) in [7, 11) is 1.59. The molecule has 2 aliphatic rings. The molecule has 1 amide bonds. The van der Waals surface area contributed by atoms with Crippen LogP contribution in [0.15, 0.2) is 48.8 Å². The molecule has 3 aromatic rings. The van der Waals surface area contributed by atoms with Crippen LogP contribution in [-0.2, 0) is 0 Å². The minimum atomic E-state index is -0.574. The Hall–Kier alpha value is -3.68. The second kappa shape index (κ2) is 7.54. The maximum atomic E-state index is 13.1. The smallest absolute Gasteiger partial charge is 0.253 e. The predicted molar refractivity (Wildman–Crippen MR) is 112 cm³/mol. The minimum Gasteiger partial charge on any atom is -0.497 e. The Morgan fingerprint density at radius 1 is 1.19 bits per heavy atom. The molecule has 2 aromatic carbocycles. The number of H-pyrrole nitrogens is 1. The van der Waals surface area contributed by atoms with Gasteiger partial charge in [0.2, 0.25) is 0 Å². The number of hydrogen-bond donors (Lipinski definition) is 1. The standard InChI is InChI=1S/C23H22N4O4/c1-30-17-5-6-18-19(28)13-23(31-20(18)12-17)7-9-27(10-8-23)22(29)16-4-2-3-15(11-16)21-24-14-25-26-21/h2-6,11-12,14H,7-10,13H2,1H3,(H,24,25,26). The zero-order valence-electron chi connectivity index (χ0n) is 17.1. The SMILES string of the molecule is COc1ccc2c(c1)OC1(CCN(C(=O)c3cccc(-c4ncn[nH]4)c3)CC1)CC2=O. The van der Waals surface area contributed by atoms with Crippen molar-refractivity contribution < 1.29 is 19.1 Å². The molecule has 3 heterocycles. The van der Waals surface area contributed by atoms with Crippen molar-refractivity contribution in [3.63, 3.8) is 0 Å². The van der Waals surface area contributed by atoms with Crippen LogP contribution in [0.25, 0.3) is 11.4 Å². The van der Waals surface area contributed by atoms with Gasteiger partial charge in [-0.05, 0) is 24.3 Å².